The molecule has 26 heavy (non-hydrogen) atoms. The molecule has 0 aliphatic rings. The molecular weight excluding hydrogens is 333 g/mol. The van der Waals surface area contributed by atoms with Gasteiger partial charge in [-0.2, -0.15) is 0 Å². The average Bonchev–Trinajstić information content (AvgIpc) is 2.58. The van der Waals surface area contributed by atoms with E-state index < -0.39 is 5.97 Å². The van der Waals surface area contributed by atoms with E-state index in [0.717, 1.165) is 25.7 Å². The fraction of sp³-hybridized carbons (Fsp3) is 0.773. The van der Waals surface area contributed by atoms with Crippen molar-refractivity contribution in [1.29, 1.82) is 0 Å². The van der Waals surface area contributed by atoms with Gasteiger partial charge in [-0.3, -0.25) is 4.90 Å². The number of hydrogen-bond donors (Lipinski definition) is 0. The van der Waals surface area contributed by atoms with Crippen molar-refractivity contribution >= 4 is 5.97 Å². The van der Waals surface area contributed by atoms with E-state index in [2.05, 4.69) is 56.9 Å². The minimum atomic E-state index is -0.988. The third-order valence-electron chi connectivity index (χ3n) is 4.68. The van der Waals surface area contributed by atoms with Crippen LogP contribution in [0.2, 0.25) is 0 Å². The number of carbonyl (C=O) groups excluding carboxylic acids is 1. The van der Waals surface area contributed by atoms with E-state index in [-0.39, 0.29) is 48.2 Å². The molecule has 0 spiro atoms. The Morgan fingerprint density at radius 2 is 1.27 bits per heavy atom. The summed E-state index contributed by atoms with van der Waals surface area (Å²) < 4.78 is 0. The molecule has 4 heteroatoms. The monoisotopic (exact) mass is 373 g/mol. The Hall–Kier alpha value is -0.0900. The zero-order chi connectivity index (χ0) is 18.9. The number of carboxylic acids is 1. The quantitative estimate of drug-likeness (QED) is 0.236. The molecule has 146 valence electrons. The van der Waals surface area contributed by atoms with Crippen molar-refractivity contribution < 1.29 is 39.5 Å². The van der Waals surface area contributed by atoms with Gasteiger partial charge in [0.05, 0.1) is 5.97 Å². The third kappa shape index (κ3) is 16.1. The molecule has 0 aromatic rings. The Morgan fingerprint density at radius 3 is 1.62 bits per heavy atom. The Morgan fingerprint density at radius 1 is 0.846 bits per heavy atom. The maximum Gasteiger partial charge on any atom is 1.00 e. The summed E-state index contributed by atoms with van der Waals surface area (Å²) in [7, 11) is 0. The second kappa shape index (κ2) is 19.7. The van der Waals surface area contributed by atoms with Crippen LogP contribution >= 0.6 is 0 Å². The summed E-state index contributed by atoms with van der Waals surface area (Å²) in [5.41, 5.74) is 0. The van der Waals surface area contributed by atoms with Crippen molar-refractivity contribution in [1.82, 2.24) is 4.90 Å². The summed E-state index contributed by atoms with van der Waals surface area (Å²) in [4.78, 5) is 13.2. The Balaban J connectivity index is 0. The molecule has 0 bridgehead atoms. The van der Waals surface area contributed by atoms with Gasteiger partial charge in [-0.15, -0.1) is 0 Å². The summed E-state index contributed by atoms with van der Waals surface area (Å²) in [5, 5.41) is 11.1. The van der Waals surface area contributed by atoms with Crippen LogP contribution in [-0.4, -0.2) is 29.5 Å². The maximum atomic E-state index is 11.1. The van der Waals surface area contributed by atoms with Crippen LogP contribution in [0.4, 0.5) is 0 Å². The first-order chi connectivity index (χ1) is 12.0. The van der Waals surface area contributed by atoms with Crippen molar-refractivity contribution in [2.24, 2.45) is 0 Å². The van der Waals surface area contributed by atoms with Crippen molar-refractivity contribution in [3.8, 4) is 0 Å². The van der Waals surface area contributed by atoms with E-state index in [4.69, 9.17) is 0 Å². The van der Waals surface area contributed by atoms with E-state index in [0.29, 0.717) is 0 Å². The standard InChI is InChI=1S/C22H41NO2.Na/c1-5-7-9-11-13-15-17-20(3)23(19-22(24)25)21(4)18-16-14-12-10-8-6-2;/h13-16,20-21H,5-12,17-19H2,1-4H3,(H,24,25);/q;+1/p-1/b15-13+,16-14+;. The second-order valence-electron chi connectivity index (χ2n) is 7.15. The molecule has 0 saturated carbocycles. The number of unbranched alkanes of at least 4 members (excludes halogenated alkanes) is 6. The number of carboxylic acid groups (broad SMARTS) is 1. The normalized spacial score (nSPS) is 14.0. The summed E-state index contributed by atoms with van der Waals surface area (Å²) in [6.07, 6.45) is 20.4. The van der Waals surface area contributed by atoms with Crippen molar-refractivity contribution in [2.75, 3.05) is 6.54 Å². The smallest absolute Gasteiger partial charge is 0.549 e. The maximum absolute atomic E-state index is 11.1. The molecule has 0 saturated heterocycles. The minimum Gasteiger partial charge on any atom is -0.549 e. The Bertz CT molecular complexity index is 354. The van der Waals surface area contributed by atoms with E-state index in [1.54, 1.807) is 0 Å². The van der Waals surface area contributed by atoms with E-state index in [1.807, 2.05) is 0 Å². The first kappa shape index (κ1) is 28.1. The van der Waals surface area contributed by atoms with Gasteiger partial charge in [0.15, 0.2) is 0 Å². The molecule has 0 aromatic heterocycles. The molecule has 0 amide bonds. The first-order valence-corrected chi connectivity index (χ1v) is 10.3. The number of rotatable bonds is 16. The van der Waals surface area contributed by atoms with Crippen molar-refractivity contribution in [3.05, 3.63) is 24.3 Å². The minimum absolute atomic E-state index is 0. The zero-order valence-electron chi connectivity index (χ0n) is 18.0. The van der Waals surface area contributed by atoms with Gasteiger partial charge in [0.1, 0.15) is 0 Å². The fourth-order valence-corrected chi connectivity index (χ4v) is 3.01. The summed E-state index contributed by atoms with van der Waals surface area (Å²) in [6.45, 7) is 8.66. The second-order valence-corrected chi connectivity index (χ2v) is 7.15. The molecule has 0 aromatic carbocycles. The fourth-order valence-electron chi connectivity index (χ4n) is 3.01. The predicted molar refractivity (Wildman–Crippen MR) is 106 cm³/mol. The summed E-state index contributed by atoms with van der Waals surface area (Å²) >= 11 is 0. The summed E-state index contributed by atoms with van der Waals surface area (Å²) in [5.74, 6) is -0.988. The first-order valence-electron chi connectivity index (χ1n) is 10.3. The number of carbonyl (C=O) groups is 1. The molecule has 0 aliphatic carbocycles. The van der Waals surface area contributed by atoms with Crippen LogP contribution in [0.3, 0.4) is 0 Å². The molecule has 0 heterocycles. The molecule has 0 aliphatic heterocycles. The van der Waals surface area contributed by atoms with Crippen LogP contribution < -0.4 is 34.7 Å². The number of hydrogen-bond acceptors (Lipinski definition) is 3. The van der Waals surface area contributed by atoms with Crippen molar-refractivity contribution in [3.63, 3.8) is 0 Å². The zero-order valence-corrected chi connectivity index (χ0v) is 20.0. The van der Waals surface area contributed by atoms with E-state index in [9.17, 15) is 9.90 Å². The molecule has 0 N–H and O–H groups in total. The van der Waals surface area contributed by atoms with Gasteiger partial charge in [0.25, 0.3) is 0 Å². The number of allylic oxidation sites excluding steroid dienone is 2. The topological polar surface area (TPSA) is 43.4 Å². The molecular formula is C22H40NNaO2. The van der Waals surface area contributed by atoms with Gasteiger partial charge in [-0.25, -0.2) is 0 Å². The number of nitrogens with zero attached hydrogens (tertiary/aromatic N) is 1. The van der Waals surface area contributed by atoms with E-state index >= 15 is 0 Å². The van der Waals surface area contributed by atoms with Crippen LogP contribution in [0, 0.1) is 0 Å². The molecule has 0 fully saturated rings. The third-order valence-corrected chi connectivity index (χ3v) is 4.68. The number of aliphatic carboxylic acids is 1. The van der Waals surface area contributed by atoms with Crippen LogP contribution in [0.1, 0.15) is 91.9 Å². The molecule has 2 unspecified atom stereocenters. The summed E-state index contributed by atoms with van der Waals surface area (Å²) in [6, 6.07) is 0.424. The largest absolute Gasteiger partial charge is 1.00 e. The van der Waals surface area contributed by atoms with Gasteiger partial charge in [0, 0.05) is 18.6 Å². The van der Waals surface area contributed by atoms with Crippen LogP contribution in [-0.2, 0) is 4.79 Å². The SMILES string of the molecule is CCCCC/C=C/CC(C)N(CC(=O)[O-])C(C)C/C=C/CCCCC.[Na+]. The molecule has 0 rings (SSSR count). The van der Waals surface area contributed by atoms with Crippen molar-refractivity contribution in [2.45, 2.75) is 104 Å². The van der Waals surface area contributed by atoms with E-state index in [1.165, 1.54) is 38.5 Å². The predicted octanol–water partition coefficient (Wildman–Crippen LogP) is 1.87. The Labute approximate surface area is 184 Å². The van der Waals surface area contributed by atoms with Gasteiger partial charge >= 0.3 is 29.6 Å². The molecule has 2 atom stereocenters. The van der Waals surface area contributed by atoms with Gasteiger partial charge in [-0.1, -0.05) is 63.8 Å². The van der Waals surface area contributed by atoms with Crippen LogP contribution in [0.5, 0.6) is 0 Å². The Kier molecular flexibility index (Phi) is 21.3. The average molecular weight is 374 g/mol. The van der Waals surface area contributed by atoms with Gasteiger partial charge in [-0.05, 0) is 52.4 Å². The van der Waals surface area contributed by atoms with Crippen LogP contribution in [0.15, 0.2) is 24.3 Å². The van der Waals surface area contributed by atoms with Gasteiger partial charge < -0.3 is 9.90 Å². The van der Waals surface area contributed by atoms with Crippen LogP contribution in [0.25, 0.3) is 0 Å². The molecule has 0 radical (unpaired) electrons. The molecule has 3 nitrogen and oxygen atoms in total. The van der Waals surface area contributed by atoms with Gasteiger partial charge in [0.2, 0.25) is 0 Å².